The summed E-state index contributed by atoms with van der Waals surface area (Å²) in [5.74, 6) is 0.800. The Labute approximate surface area is 118 Å². The van der Waals surface area contributed by atoms with E-state index in [1.165, 1.54) is 5.56 Å². The van der Waals surface area contributed by atoms with E-state index in [9.17, 15) is 0 Å². The number of ether oxygens (including phenoxy) is 1. The molecule has 0 fully saturated rings. The van der Waals surface area contributed by atoms with Gasteiger partial charge in [0.15, 0.2) is 0 Å². The monoisotopic (exact) mass is 267 g/mol. The lowest BCUT2D eigenvalue weighted by Gasteiger charge is -2.08. The predicted molar refractivity (Wildman–Crippen MR) is 77.1 cm³/mol. The third kappa shape index (κ3) is 4.08. The Morgan fingerprint density at radius 1 is 1.25 bits per heavy atom. The smallest absolute Gasteiger partial charge is 0.140 e. The minimum Gasteiger partial charge on any atom is -0.489 e. The van der Waals surface area contributed by atoms with Crippen LogP contribution >= 0.6 is 0 Å². The highest BCUT2D eigenvalue weighted by Gasteiger charge is 2.01. The molecule has 102 valence electrons. The molecule has 0 saturated heterocycles. The Hall–Kier alpha value is -2.38. The number of hydrogen-bond donors (Lipinski definition) is 1. The normalized spacial score (nSPS) is 11.7. The van der Waals surface area contributed by atoms with Crippen LogP contribution in [0.5, 0.6) is 5.75 Å². The summed E-state index contributed by atoms with van der Waals surface area (Å²) >= 11 is 0. The van der Waals surface area contributed by atoms with E-state index >= 15 is 0 Å². The molecule has 0 aliphatic carbocycles. The van der Waals surface area contributed by atoms with E-state index in [1.54, 1.807) is 12.3 Å². The molecule has 2 rings (SSSR count). The molecule has 0 aliphatic rings. The molecule has 0 bridgehead atoms. The summed E-state index contributed by atoms with van der Waals surface area (Å²) in [5, 5.41) is 8.79. The Bertz CT molecular complexity index is 600. The topological polar surface area (TPSA) is 71.9 Å². The lowest BCUT2D eigenvalue weighted by Crippen LogP contribution is -2.17. The number of nitrogens with two attached hydrogens (primary N) is 1. The second kappa shape index (κ2) is 6.69. The van der Waals surface area contributed by atoms with Gasteiger partial charge in [-0.15, -0.1) is 0 Å². The third-order valence-electron chi connectivity index (χ3n) is 2.83. The summed E-state index contributed by atoms with van der Waals surface area (Å²) in [6.45, 7) is 2.41. The van der Waals surface area contributed by atoms with Crippen LogP contribution in [-0.2, 0) is 13.0 Å². The van der Waals surface area contributed by atoms with E-state index in [0.29, 0.717) is 12.3 Å². The van der Waals surface area contributed by atoms with Crippen LogP contribution < -0.4 is 10.5 Å². The van der Waals surface area contributed by atoms with Crippen LogP contribution in [0.3, 0.4) is 0 Å². The summed E-state index contributed by atoms with van der Waals surface area (Å²) < 4.78 is 5.68. The number of benzene rings is 1. The zero-order valence-corrected chi connectivity index (χ0v) is 11.4. The van der Waals surface area contributed by atoms with Gasteiger partial charge in [0.1, 0.15) is 24.1 Å². The molecule has 4 nitrogen and oxygen atoms in total. The van der Waals surface area contributed by atoms with Gasteiger partial charge in [0.05, 0.1) is 0 Å². The lowest BCUT2D eigenvalue weighted by molar-refractivity contribution is 0.306. The van der Waals surface area contributed by atoms with Crippen molar-refractivity contribution < 1.29 is 4.74 Å². The fourth-order valence-corrected chi connectivity index (χ4v) is 1.89. The number of pyridine rings is 1. The molecule has 0 aliphatic heterocycles. The highest BCUT2D eigenvalue weighted by atomic mass is 16.5. The van der Waals surface area contributed by atoms with Crippen molar-refractivity contribution in [2.75, 3.05) is 0 Å². The highest BCUT2D eigenvalue weighted by Crippen LogP contribution is 2.15. The Morgan fingerprint density at radius 2 is 2.00 bits per heavy atom. The lowest BCUT2D eigenvalue weighted by atomic mass is 10.1. The second-order valence-corrected chi connectivity index (χ2v) is 4.78. The Kier molecular flexibility index (Phi) is 4.70. The van der Waals surface area contributed by atoms with E-state index in [-0.39, 0.29) is 6.04 Å². The molecule has 4 heteroatoms. The molecule has 1 aromatic carbocycles. The summed E-state index contributed by atoms with van der Waals surface area (Å²) in [7, 11) is 0. The molecule has 1 atom stereocenters. The molecule has 1 unspecified atom stereocenters. The maximum absolute atomic E-state index is 8.79. The number of hydrogen-bond acceptors (Lipinski definition) is 4. The molecule has 1 aromatic heterocycles. The molecular weight excluding hydrogens is 250 g/mol. The van der Waals surface area contributed by atoms with E-state index in [0.717, 1.165) is 17.7 Å². The van der Waals surface area contributed by atoms with Gasteiger partial charge in [-0.05, 0) is 48.7 Å². The fourth-order valence-electron chi connectivity index (χ4n) is 1.89. The predicted octanol–water partition coefficient (Wildman–Crippen LogP) is 2.42. The standard InChI is InChI=1S/C16H17N3O/c1-12(18)8-13-2-4-16(5-3-13)20-11-14-6-7-19-15(9-14)10-17/h2-7,9,12H,8,11,18H2,1H3. The molecule has 1 heterocycles. The van der Waals surface area contributed by atoms with E-state index in [4.69, 9.17) is 15.7 Å². The van der Waals surface area contributed by atoms with Gasteiger partial charge in [0.2, 0.25) is 0 Å². The van der Waals surface area contributed by atoms with E-state index in [1.807, 2.05) is 43.3 Å². The summed E-state index contributed by atoms with van der Waals surface area (Å²) in [6, 6.07) is 13.6. The summed E-state index contributed by atoms with van der Waals surface area (Å²) in [4.78, 5) is 3.92. The molecular formula is C16H17N3O. The molecule has 0 radical (unpaired) electrons. The number of nitrogens with zero attached hydrogens (tertiary/aromatic N) is 2. The van der Waals surface area contributed by atoms with Gasteiger partial charge in [-0.25, -0.2) is 4.98 Å². The van der Waals surface area contributed by atoms with E-state index < -0.39 is 0 Å². The number of rotatable bonds is 5. The number of aromatic nitrogens is 1. The maximum Gasteiger partial charge on any atom is 0.140 e. The van der Waals surface area contributed by atoms with Crippen molar-refractivity contribution in [2.45, 2.75) is 26.0 Å². The van der Waals surface area contributed by atoms with Crippen molar-refractivity contribution in [1.29, 1.82) is 5.26 Å². The third-order valence-corrected chi connectivity index (χ3v) is 2.83. The first-order valence-electron chi connectivity index (χ1n) is 6.49. The second-order valence-electron chi connectivity index (χ2n) is 4.78. The van der Waals surface area contributed by atoms with Crippen molar-refractivity contribution >= 4 is 0 Å². The first-order chi connectivity index (χ1) is 9.67. The molecule has 2 N–H and O–H groups in total. The first-order valence-corrected chi connectivity index (χ1v) is 6.49. The zero-order valence-electron chi connectivity index (χ0n) is 11.4. The fraction of sp³-hybridized carbons (Fsp3) is 0.250. The molecule has 0 spiro atoms. The minimum absolute atomic E-state index is 0.156. The van der Waals surface area contributed by atoms with Gasteiger partial charge < -0.3 is 10.5 Å². The van der Waals surface area contributed by atoms with Crippen LogP contribution in [0.25, 0.3) is 0 Å². The Morgan fingerprint density at radius 3 is 2.65 bits per heavy atom. The van der Waals surface area contributed by atoms with Gasteiger partial charge in [-0.1, -0.05) is 12.1 Å². The van der Waals surface area contributed by atoms with Crippen molar-refractivity contribution in [2.24, 2.45) is 5.73 Å². The number of nitriles is 1. The summed E-state index contributed by atoms with van der Waals surface area (Å²) in [5.41, 5.74) is 8.29. The van der Waals surface area contributed by atoms with Crippen LogP contribution in [0.4, 0.5) is 0 Å². The van der Waals surface area contributed by atoms with Gasteiger partial charge >= 0.3 is 0 Å². The largest absolute Gasteiger partial charge is 0.489 e. The van der Waals surface area contributed by atoms with Crippen LogP contribution in [0, 0.1) is 11.3 Å². The van der Waals surface area contributed by atoms with Crippen LogP contribution in [0.1, 0.15) is 23.7 Å². The average molecular weight is 267 g/mol. The minimum atomic E-state index is 0.156. The van der Waals surface area contributed by atoms with Crippen LogP contribution in [0.2, 0.25) is 0 Å². The van der Waals surface area contributed by atoms with Crippen molar-refractivity contribution in [3.63, 3.8) is 0 Å². The molecule has 20 heavy (non-hydrogen) atoms. The molecule has 0 saturated carbocycles. The summed E-state index contributed by atoms with van der Waals surface area (Å²) in [6.07, 6.45) is 2.47. The van der Waals surface area contributed by atoms with Gasteiger partial charge in [-0.3, -0.25) is 0 Å². The zero-order chi connectivity index (χ0) is 14.4. The average Bonchev–Trinajstić information content (AvgIpc) is 2.46. The molecule has 2 aromatic rings. The highest BCUT2D eigenvalue weighted by molar-refractivity contribution is 5.29. The van der Waals surface area contributed by atoms with Gasteiger partial charge in [-0.2, -0.15) is 5.26 Å². The van der Waals surface area contributed by atoms with E-state index in [2.05, 4.69) is 4.98 Å². The van der Waals surface area contributed by atoms with Crippen molar-refractivity contribution in [1.82, 2.24) is 4.98 Å². The van der Waals surface area contributed by atoms with Crippen molar-refractivity contribution in [3.8, 4) is 11.8 Å². The van der Waals surface area contributed by atoms with Crippen molar-refractivity contribution in [3.05, 3.63) is 59.4 Å². The maximum atomic E-state index is 8.79. The SMILES string of the molecule is CC(N)Cc1ccc(OCc2ccnc(C#N)c2)cc1. The first kappa shape index (κ1) is 14.0. The quantitative estimate of drug-likeness (QED) is 0.903. The Balaban J connectivity index is 1.95. The molecule has 0 amide bonds. The van der Waals surface area contributed by atoms with Crippen LogP contribution in [0.15, 0.2) is 42.6 Å². The van der Waals surface area contributed by atoms with Gasteiger partial charge in [0.25, 0.3) is 0 Å². The van der Waals surface area contributed by atoms with Gasteiger partial charge in [0, 0.05) is 12.2 Å². The van der Waals surface area contributed by atoms with Crippen LogP contribution in [-0.4, -0.2) is 11.0 Å².